The molecule has 0 saturated carbocycles. The number of nitrogens with zero attached hydrogens (tertiary/aromatic N) is 4. The third kappa shape index (κ3) is 6.70. The fourth-order valence-electron chi connectivity index (χ4n) is 9.33. The third-order valence-corrected chi connectivity index (χ3v) is 12.5. The zero-order valence-electron chi connectivity index (χ0n) is 34.9. The van der Waals surface area contributed by atoms with Crippen molar-refractivity contribution in [1.82, 2.24) is 14.5 Å². The normalized spacial score (nSPS) is 13.2. The number of rotatable bonds is 8. The van der Waals surface area contributed by atoms with Crippen molar-refractivity contribution in [2.24, 2.45) is 4.99 Å². The zero-order valence-corrected chi connectivity index (χ0v) is 34.9. The van der Waals surface area contributed by atoms with E-state index in [0.717, 1.165) is 101 Å². The molecule has 12 rings (SSSR count). The van der Waals surface area contributed by atoms with E-state index < -0.39 is 0 Å². The van der Waals surface area contributed by atoms with Gasteiger partial charge < -0.3 is 0 Å². The molecule has 1 unspecified atom stereocenters. The summed E-state index contributed by atoms with van der Waals surface area (Å²) < 4.78 is 2.25. The van der Waals surface area contributed by atoms with Crippen molar-refractivity contribution in [3.05, 3.63) is 253 Å². The van der Waals surface area contributed by atoms with Crippen LogP contribution in [-0.4, -0.2) is 20.2 Å². The molecule has 0 N–H and O–H groups in total. The highest BCUT2D eigenvalue weighted by molar-refractivity contribution is 6.12. The Balaban J connectivity index is 0.858. The van der Waals surface area contributed by atoms with Gasteiger partial charge in [-0.1, -0.05) is 200 Å². The SMILES string of the molecule is c1ccc(C2=Nc3cc(-c4ccc(-c5cc6ccccc6c(-c6ccc(-c7ccc8c(c7)nc(-c7ccccc7)n8-c7ccccc7)cc6)n5)cc4)ccc3C2c2ccccc2)cc1. The van der Waals surface area contributed by atoms with Crippen LogP contribution in [0.3, 0.4) is 0 Å². The maximum atomic E-state index is 5.35. The molecule has 2 aromatic heterocycles. The minimum atomic E-state index is 0.0912. The van der Waals surface area contributed by atoms with Gasteiger partial charge in [0, 0.05) is 27.8 Å². The first kappa shape index (κ1) is 37.3. The van der Waals surface area contributed by atoms with Gasteiger partial charge in [-0.05, 0) is 80.7 Å². The van der Waals surface area contributed by atoms with Gasteiger partial charge in [0.2, 0.25) is 0 Å². The lowest BCUT2D eigenvalue weighted by molar-refractivity contribution is 1.10. The molecule has 64 heavy (non-hydrogen) atoms. The number of para-hydroxylation sites is 1. The van der Waals surface area contributed by atoms with Crippen LogP contribution in [0.15, 0.2) is 242 Å². The molecule has 0 fully saturated rings. The van der Waals surface area contributed by atoms with Gasteiger partial charge in [-0.25, -0.2) is 9.97 Å². The van der Waals surface area contributed by atoms with Gasteiger partial charge in [0.1, 0.15) is 5.82 Å². The largest absolute Gasteiger partial charge is 0.292 e. The Morgan fingerprint density at radius 2 is 0.953 bits per heavy atom. The Labute approximate surface area is 372 Å². The highest BCUT2D eigenvalue weighted by Gasteiger charge is 2.30. The number of benzene rings is 9. The predicted octanol–water partition coefficient (Wildman–Crippen LogP) is 15.2. The van der Waals surface area contributed by atoms with Crippen molar-refractivity contribution in [3.63, 3.8) is 0 Å². The summed E-state index contributed by atoms with van der Waals surface area (Å²) in [7, 11) is 0. The van der Waals surface area contributed by atoms with Crippen molar-refractivity contribution >= 4 is 33.2 Å². The first-order chi connectivity index (χ1) is 31.7. The van der Waals surface area contributed by atoms with E-state index in [0.29, 0.717) is 0 Å². The first-order valence-corrected chi connectivity index (χ1v) is 21.8. The Morgan fingerprint density at radius 1 is 0.391 bits per heavy atom. The number of fused-ring (bicyclic) bond motifs is 3. The van der Waals surface area contributed by atoms with Crippen LogP contribution in [0.2, 0.25) is 0 Å². The molecule has 1 aliphatic heterocycles. The quantitative estimate of drug-likeness (QED) is 0.153. The van der Waals surface area contributed by atoms with E-state index in [2.05, 4.69) is 229 Å². The van der Waals surface area contributed by atoms with E-state index in [1.54, 1.807) is 0 Å². The van der Waals surface area contributed by atoms with Crippen LogP contribution in [0, 0.1) is 0 Å². The second kappa shape index (κ2) is 15.8. The van der Waals surface area contributed by atoms with E-state index in [-0.39, 0.29) is 5.92 Å². The molecule has 300 valence electrons. The van der Waals surface area contributed by atoms with Gasteiger partial charge in [-0.2, -0.15) is 0 Å². The summed E-state index contributed by atoms with van der Waals surface area (Å²) in [6.07, 6.45) is 0. The lowest BCUT2D eigenvalue weighted by atomic mass is 9.85. The number of aromatic nitrogens is 3. The molecule has 9 aromatic carbocycles. The van der Waals surface area contributed by atoms with E-state index >= 15 is 0 Å². The van der Waals surface area contributed by atoms with Crippen LogP contribution >= 0.6 is 0 Å². The monoisotopic (exact) mass is 816 g/mol. The zero-order chi connectivity index (χ0) is 42.4. The van der Waals surface area contributed by atoms with Crippen molar-refractivity contribution in [3.8, 4) is 61.8 Å². The summed E-state index contributed by atoms with van der Waals surface area (Å²) in [5.41, 5.74) is 18.5. The highest BCUT2D eigenvalue weighted by Crippen LogP contribution is 2.44. The average molecular weight is 817 g/mol. The summed E-state index contributed by atoms with van der Waals surface area (Å²) in [5.74, 6) is 1.02. The summed E-state index contributed by atoms with van der Waals surface area (Å²) >= 11 is 0. The minimum Gasteiger partial charge on any atom is -0.292 e. The second-order valence-corrected chi connectivity index (χ2v) is 16.4. The predicted molar refractivity (Wildman–Crippen MR) is 264 cm³/mol. The molecule has 3 heterocycles. The van der Waals surface area contributed by atoms with Crippen molar-refractivity contribution in [2.75, 3.05) is 0 Å². The van der Waals surface area contributed by atoms with Gasteiger partial charge in [0.05, 0.1) is 39.7 Å². The standard InChI is InChI=1S/C60H40N4/c1-5-15-43(16-6-1)57-52-35-33-47(37-54(52)62-59(57)44-17-7-2-8-18-44)40-25-29-42(30-26-40)53-39-49-21-13-14-24-51(49)58(61-53)45-31-27-41(28-32-45)48-34-36-56-55(38-48)63-60(46-19-9-3-10-20-46)64(56)50-22-11-4-12-23-50/h1-39,57H. The lowest BCUT2D eigenvalue weighted by Gasteiger charge is -2.16. The van der Waals surface area contributed by atoms with Gasteiger partial charge in [0.25, 0.3) is 0 Å². The van der Waals surface area contributed by atoms with Gasteiger partial charge in [-0.3, -0.25) is 9.56 Å². The third-order valence-electron chi connectivity index (χ3n) is 12.5. The van der Waals surface area contributed by atoms with Gasteiger partial charge in [-0.15, -0.1) is 0 Å². The van der Waals surface area contributed by atoms with Gasteiger partial charge in [0.15, 0.2) is 0 Å². The molecular weight excluding hydrogens is 777 g/mol. The summed E-state index contributed by atoms with van der Waals surface area (Å²) in [6, 6.07) is 83.8. The van der Waals surface area contributed by atoms with Crippen molar-refractivity contribution < 1.29 is 0 Å². The maximum Gasteiger partial charge on any atom is 0.145 e. The van der Waals surface area contributed by atoms with Crippen LogP contribution in [0.4, 0.5) is 5.69 Å². The van der Waals surface area contributed by atoms with Crippen molar-refractivity contribution in [1.29, 1.82) is 0 Å². The molecule has 0 radical (unpaired) electrons. The number of hydrogen-bond acceptors (Lipinski definition) is 3. The minimum absolute atomic E-state index is 0.0912. The molecule has 0 amide bonds. The highest BCUT2D eigenvalue weighted by atomic mass is 15.1. The lowest BCUT2D eigenvalue weighted by Crippen LogP contribution is -2.11. The fourth-order valence-corrected chi connectivity index (χ4v) is 9.33. The van der Waals surface area contributed by atoms with Crippen LogP contribution in [0.5, 0.6) is 0 Å². The molecule has 0 aliphatic carbocycles. The van der Waals surface area contributed by atoms with E-state index in [1.807, 2.05) is 12.1 Å². The second-order valence-electron chi connectivity index (χ2n) is 16.4. The van der Waals surface area contributed by atoms with Crippen LogP contribution in [0.25, 0.3) is 83.6 Å². The smallest absolute Gasteiger partial charge is 0.145 e. The molecule has 4 nitrogen and oxygen atoms in total. The summed E-state index contributed by atoms with van der Waals surface area (Å²) in [4.78, 5) is 15.8. The molecule has 0 saturated heterocycles. The molecule has 1 atom stereocenters. The van der Waals surface area contributed by atoms with Crippen LogP contribution in [0.1, 0.15) is 22.6 Å². The molecule has 4 heteroatoms. The van der Waals surface area contributed by atoms with E-state index in [1.165, 1.54) is 11.1 Å². The van der Waals surface area contributed by atoms with Crippen LogP contribution in [-0.2, 0) is 0 Å². The number of hydrogen-bond donors (Lipinski definition) is 0. The molecule has 11 aromatic rings. The van der Waals surface area contributed by atoms with E-state index in [4.69, 9.17) is 15.0 Å². The Bertz CT molecular complexity index is 3500. The maximum absolute atomic E-state index is 5.35. The Kier molecular flexibility index (Phi) is 9.19. The van der Waals surface area contributed by atoms with Crippen LogP contribution < -0.4 is 0 Å². The summed E-state index contributed by atoms with van der Waals surface area (Å²) in [5, 5.41) is 2.28. The fraction of sp³-hybridized carbons (Fsp3) is 0.0167. The molecular formula is C60H40N4. The van der Waals surface area contributed by atoms with E-state index in [9.17, 15) is 0 Å². The number of pyridine rings is 1. The number of aliphatic imine (C=N–C) groups is 1. The van der Waals surface area contributed by atoms with Crippen molar-refractivity contribution in [2.45, 2.75) is 5.92 Å². The Morgan fingerprint density at radius 3 is 1.67 bits per heavy atom. The molecule has 0 bridgehead atoms. The number of imidazole rings is 1. The topological polar surface area (TPSA) is 43.1 Å². The average Bonchev–Trinajstić information content (AvgIpc) is 3.96. The first-order valence-electron chi connectivity index (χ1n) is 21.8. The summed E-state index contributed by atoms with van der Waals surface area (Å²) in [6.45, 7) is 0. The Hall–Kier alpha value is -8.47. The molecule has 0 spiro atoms. The van der Waals surface area contributed by atoms with Gasteiger partial charge >= 0.3 is 0 Å². The molecule has 1 aliphatic rings.